The first-order chi connectivity index (χ1) is 10.1. The molecule has 21 heavy (non-hydrogen) atoms. The van der Waals surface area contributed by atoms with E-state index >= 15 is 0 Å². The van der Waals surface area contributed by atoms with E-state index in [1.165, 1.54) is 19.4 Å². The molecule has 2 N–H and O–H groups in total. The highest BCUT2D eigenvalue weighted by atomic mass is 32.2. The fourth-order valence-corrected chi connectivity index (χ4v) is 2.81. The third kappa shape index (κ3) is 3.71. The Balaban J connectivity index is 2.25. The number of aromatic nitrogens is 1. The van der Waals surface area contributed by atoms with Crippen LogP contribution >= 0.6 is 0 Å². The van der Waals surface area contributed by atoms with Crippen molar-refractivity contribution in [3.05, 3.63) is 48.2 Å². The summed E-state index contributed by atoms with van der Waals surface area (Å²) in [6.45, 7) is 0.632. The number of nitrogens with one attached hydrogen (secondary N) is 2. The Morgan fingerprint density at radius 1 is 1.19 bits per heavy atom. The summed E-state index contributed by atoms with van der Waals surface area (Å²) in [7, 11) is -0.442. The lowest BCUT2D eigenvalue weighted by molar-refractivity contribution is 0.417. The Kier molecular flexibility index (Phi) is 4.77. The number of hydrogen-bond acceptors (Lipinski definition) is 5. The summed E-state index contributed by atoms with van der Waals surface area (Å²) < 4.78 is 32.2. The van der Waals surface area contributed by atoms with Crippen LogP contribution in [-0.2, 0) is 16.6 Å². The molecule has 0 saturated carbocycles. The topological polar surface area (TPSA) is 80.3 Å². The van der Waals surface area contributed by atoms with Gasteiger partial charge in [0, 0.05) is 12.7 Å². The SMILES string of the molecule is CNCc1ccc(S(=O)(=O)Nc2ccccc2OC)nc1. The third-order valence-corrected chi connectivity index (χ3v) is 4.09. The van der Waals surface area contributed by atoms with Crippen LogP contribution < -0.4 is 14.8 Å². The lowest BCUT2D eigenvalue weighted by atomic mass is 10.3. The van der Waals surface area contributed by atoms with E-state index in [1.54, 1.807) is 30.3 Å². The Hall–Kier alpha value is -2.12. The van der Waals surface area contributed by atoms with Crippen LogP contribution in [0.25, 0.3) is 0 Å². The minimum atomic E-state index is -3.74. The van der Waals surface area contributed by atoms with Gasteiger partial charge in [0.15, 0.2) is 5.03 Å². The largest absolute Gasteiger partial charge is 0.495 e. The van der Waals surface area contributed by atoms with Gasteiger partial charge in [-0.2, -0.15) is 8.42 Å². The molecule has 7 heteroatoms. The number of pyridine rings is 1. The van der Waals surface area contributed by atoms with E-state index in [-0.39, 0.29) is 5.03 Å². The summed E-state index contributed by atoms with van der Waals surface area (Å²) in [4.78, 5) is 3.99. The number of sulfonamides is 1. The normalized spacial score (nSPS) is 11.1. The van der Waals surface area contributed by atoms with Crippen LogP contribution in [0.2, 0.25) is 0 Å². The van der Waals surface area contributed by atoms with Gasteiger partial charge < -0.3 is 10.1 Å². The zero-order valence-electron chi connectivity index (χ0n) is 11.8. The number of para-hydroxylation sites is 2. The highest BCUT2D eigenvalue weighted by molar-refractivity contribution is 7.92. The van der Waals surface area contributed by atoms with Gasteiger partial charge in [-0.05, 0) is 30.8 Å². The molecule has 2 aromatic rings. The Morgan fingerprint density at radius 2 is 1.95 bits per heavy atom. The first-order valence-electron chi connectivity index (χ1n) is 6.32. The second-order valence-corrected chi connectivity index (χ2v) is 5.97. The molecule has 0 aliphatic carbocycles. The highest BCUT2D eigenvalue weighted by Crippen LogP contribution is 2.25. The van der Waals surface area contributed by atoms with E-state index in [4.69, 9.17) is 4.74 Å². The predicted molar refractivity (Wildman–Crippen MR) is 80.8 cm³/mol. The summed E-state index contributed by atoms with van der Waals surface area (Å²) in [6.07, 6.45) is 1.54. The smallest absolute Gasteiger partial charge is 0.279 e. The van der Waals surface area contributed by atoms with Crippen molar-refractivity contribution in [2.45, 2.75) is 11.6 Å². The molecule has 0 aliphatic rings. The van der Waals surface area contributed by atoms with Gasteiger partial charge in [0.25, 0.3) is 10.0 Å². The van der Waals surface area contributed by atoms with Crippen molar-refractivity contribution >= 4 is 15.7 Å². The van der Waals surface area contributed by atoms with E-state index in [9.17, 15) is 8.42 Å². The predicted octanol–water partition coefficient (Wildman–Crippen LogP) is 1.61. The Morgan fingerprint density at radius 3 is 2.57 bits per heavy atom. The van der Waals surface area contributed by atoms with Crippen molar-refractivity contribution in [2.24, 2.45) is 0 Å². The van der Waals surface area contributed by atoms with E-state index in [0.717, 1.165) is 5.56 Å². The molecular weight excluding hydrogens is 290 g/mol. The van der Waals surface area contributed by atoms with Crippen LogP contribution in [0.1, 0.15) is 5.56 Å². The summed E-state index contributed by atoms with van der Waals surface area (Å²) in [5.74, 6) is 0.452. The summed E-state index contributed by atoms with van der Waals surface area (Å²) >= 11 is 0. The number of rotatable bonds is 6. The minimum Gasteiger partial charge on any atom is -0.495 e. The zero-order chi connectivity index (χ0) is 15.3. The number of methoxy groups -OCH3 is 1. The van der Waals surface area contributed by atoms with Gasteiger partial charge in [0.05, 0.1) is 12.8 Å². The van der Waals surface area contributed by atoms with Gasteiger partial charge in [0.2, 0.25) is 0 Å². The molecule has 0 fully saturated rings. The van der Waals surface area contributed by atoms with Crippen molar-refractivity contribution in [1.82, 2.24) is 10.3 Å². The molecule has 0 atom stereocenters. The minimum absolute atomic E-state index is 0.0340. The fourth-order valence-electron chi connectivity index (χ4n) is 1.80. The molecule has 0 unspecified atom stereocenters. The van der Waals surface area contributed by atoms with Gasteiger partial charge in [0.1, 0.15) is 5.75 Å². The molecule has 0 saturated heterocycles. The van der Waals surface area contributed by atoms with Crippen molar-refractivity contribution in [3.63, 3.8) is 0 Å². The van der Waals surface area contributed by atoms with Crippen LogP contribution in [0, 0.1) is 0 Å². The number of nitrogens with zero attached hydrogens (tertiary/aromatic N) is 1. The maximum atomic E-state index is 12.3. The van der Waals surface area contributed by atoms with Crippen LogP contribution in [0.15, 0.2) is 47.6 Å². The summed E-state index contributed by atoms with van der Waals surface area (Å²) in [5, 5.41) is 2.94. The summed E-state index contributed by atoms with van der Waals surface area (Å²) in [5.41, 5.74) is 1.29. The second kappa shape index (κ2) is 6.55. The monoisotopic (exact) mass is 307 g/mol. The first-order valence-corrected chi connectivity index (χ1v) is 7.80. The van der Waals surface area contributed by atoms with Crippen molar-refractivity contribution in [3.8, 4) is 5.75 Å². The van der Waals surface area contributed by atoms with E-state index in [0.29, 0.717) is 18.0 Å². The maximum Gasteiger partial charge on any atom is 0.279 e. The third-order valence-electron chi connectivity index (χ3n) is 2.81. The van der Waals surface area contributed by atoms with Gasteiger partial charge in [-0.3, -0.25) is 4.72 Å². The first kappa shape index (κ1) is 15.3. The zero-order valence-corrected chi connectivity index (χ0v) is 12.6. The van der Waals surface area contributed by atoms with Crippen molar-refractivity contribution in [1.29, 1.82) is 0 Å². The van der Waals surface area contributed by atoms with Crippen molar-refractivity contribution < 1.29 is 13.2 Å². The van der Waals surface area contributed by atoms with Gasteiger partial charge in [-0.25, -0.2) is 4.98 Å². The molecule has 0 radical (unpaired) electrons. The molecule has 2 rings (SSSR count). The maximum absolute atomic E-state index is 12.3. The number of anilines is 1. The number of ether oxygens (including phenoxy) is 1. The Bertz CT molecular complexity index is 700. The van der Waals surface area contributed by atoms with E-state index in [2.05, 4.69) is 15.0 Å². The van der Waals surface area contributed by atoms with Gasteiger partial charge in [-0.15, -0.1) is 0 Å². The van der Waals surface area contributed by atoms with Gasteiger partial charge in [-0.1, -0.05) is 18.2 Å². The molecule has 0 amide bonds. The Labute approximate surface area is 124 Å². The molecule has 112 valence electrons. The lowest BCUT2D eigenvalue weighted by Gasteiger charge is -2.11. The fraction of sp³-hybridized carbons (Fsp3) is 0.214. The molecular formula is C14H17N3O3S. The standard InChI is InChI=1S/C14H17N3O3S/c1-15-9-11-7-8-14(16-10-11)21(18,19)17-12-5-3-4-6-13(12)20-2/h3-8,10,15,17H,9H2,1-2H3. The molecule has 1 aromatic carbocycles. The average Bonchev–Trinajstić information content (AvgIpc) is 2.48. The van der Waals surface area contributed by atoms with E-state index in [1.807, 2.05) is 7.05 Å². The molecule has 0 spiro atoms. The number of benzene rings is 1. The van der Waals surface area contributed by atoms with Crippen LogP contribution in [0.5, 0.6) is 5.75 Å². The van der Waals surface area contributed by atoms with Crippen LogP contribution in [0.3, 0.4) is 0 Å². The molecule has 0 bridgehead atoms. The quantitative estimate of drug-likeness (QED) is 0.847. The average molecular weight is 307 g/mol. The summed E-state index contributed by atoms with van der Waals surface area (Å²) in [6, 6.07) is 10.0. The van der Waals surface area contributed by atoms with Crippen LogP contribution in [-0.4, -0.2) is 27.6 Å². The molecule has 6 nitrogen and oxygen atoms in total. The molecule has 1 aromatic heterocycles. The van der Waals surface area contributed by atoms with E-state index < -0.39 is 10.0 Å². The lowest BCUT2D eigenvalue weighted by Crippen LogP contribution is -2.15. The highest BCUT2D eigenvalue weighted by Gasteiger charge is 2.17. The van der Waals surface area contributed by atoms with Gasteiger partial charge >= 0.3 is 0 Å². The molecule has 1 heterocycles. The van der Waals surface area contributed by atoms with Crippen LogP contribution in [0.4, 0.5) is 5.69 Å². The van der Waals surface area contributed by atoms with Crippen molar-refractivity contribution in [2.75, 3.05) is 18.9 Å². The molecule has 0 aliphatic heterocycles. The number of hydrogen-bond donors (Lipinski definition) is 2. The second-order valence-electron chi connectivity index (χ2n) is 4.34.